The summed E-state index contributed by atoms with van der Waals surface area (Å²) in [6, 6.07) is 13.3. The fourth-order valence-corrected chi connectivity index (χ4v) is 2.73. The van der Waals surface area contributed by atoms with Crippen molar-refractivity contribution in [3.8, 4) is 11.3 Å². The summed E-state index contributed by atoms with van der Waals surface area (Å²) in [7, 11) is 0. The highest BCUT2D eigenvalue weighted by Crippen LogP contribution is 2.26. The average molecular weight is 331 g/mol. The quantitative estimate of drug-likeness (QED) is 0.603. The summed E-state index contributed by atoms with van der Waals surface area (Å²) in [5.41, 5.74) is 5.59. The molecule has 1 amide bonds. The average Bonchev–Trinajstić information content (AvgIpc) is 3.25. The molecular weight excluding hydrogens is 314 g/mol. The highest BCUT2D eigenvalue weighted by Gasteiger charge is 2.12. The van der Waals surface area contributed by atoms with E-state index in [1.165, 1.54) is 11.8 Å². The smallest absolute Gasteiger partial charge is 0.291 e. The normalized spacial score (nSPS) is 11.0. The second kappa shape index (κ2) is 5.94. The number of pyridine rings is 1. The lowest BCUT2D eigenvalue weighted by Gasteiger charge is -2.08. The first-order chi connectivity index (χ1) is 12.1. The molecule has 0 fully saturated rings. The molecule has 0 unspecified atom stereocenters. The number of carbonyl (C=O) groups is 1. The number of anilines is 1. The maximum atomic E-state index is 12.2. The van der Waals surface area contributed by atoms with Crippen LogP contribution in [0.5, 0.6) is 0 Å². The van der Waals surface area contributed by atoms with Gasteiger partial charge in [0.15, 0.2) is 5.76 Å². The third-order valence-corrected chi connectivity index (χ3v) is 4.14. The van der Waals surface area contributed by atoms with Crippen LogP contribution < -0.4 is 5.32 Å². The highest BCUT2D eigenvalue weighted by molar-refractivity contribution is 6.03. The van der Waals surface area contributed by atoms with E-state index in [2.05, 4.69) is 10.3 Å². The van der Waals surface area contributed by atoms with Crippen LogP contribution in [0.25, 0.3) is 16.9 Å². The van der Waals surface area contributed by atoms with Gasteiger partial charge in [0.05, 0.1) is 12.0 Å². The summed E-state index contributed by atoms with van der Waals surface area (Å²) in [6.07, 6.45) is 5.46. The Kier molecular flexibility index (Phi) is 3.61. The summed E-state index contributed by atoms with van der Waals surface area (Å²) in [4.78, 5) is 16.9. The van der Waals surface area contributed by atoms with E-state index >= 15 is 0 Å². The molecule has 4 aromatic rings. The number of aryl methyl sites for hydroxylation is 2. The van der Waals surface area contributed by atoms with Gasteiger partial charge in [-0.3, -0.25) is 4.79 Å². The molecule has 5 heteroatoms. The van der Waals surface area contributed by atoms with Crippen molar-refractivity contribution in [2.45, 2.75) is 13.8 Å². The standard InChI is InChI=1S/C20H17N3O2/c1-13-7-8-23-12-17(21-19(23)10-13)15-6-5-14(2)16(11-15)22-20(24)18-4-3-9-25-18/h3-12H,1-2H3,(H,22,24). The van der Waals surface area contributed by atoms with Crippen LogP contribution >= 0.6 is 0 Å². The van der Waals surface area contributed by atoms with Crippen LogP contribution in [0.2, 0.25) is 0 Å². The van der Waals surface area contributed by atoms with Gasteiger partial charge in [-0.05, 0) is 55.3 Å². The lowest BCUT2D eigenvalue weighted by Crippen LogP contribution is -2.11. The minimum Gasteiger partial charge on any atom is -0.459 e. The molecule has 4 rings (SSSR count). The largest absolute Gasteiger partial charge is 0.459 e. The molecule has 3 heterocycles. The van der Waals surface area contributed by atoms with Crippen molar-refractivity contribution < 1.29 is 9.21 Å². The SMILES string of the molecule is Cc1ccn2cc(-c3ccc(C)c(NC(=O)c4ccco4)c3)nc2c1. The van der Waals surface area contributed by atoms with Gasteiger partial charge in [-0.1, -0.05) is 12.1 Å². The van der Waals surface area contributed by atoms with Crippen LogP contribution in [0, 0.1) is 13.8 Å². The number of fused-ring (bicyclic) bond motifs is 1. The molecule has 0 saturated carbocycles. The zero-order valence-corrected chi connectivity index (χ0v) is 14.0. The minimum atomic E-state index is -0.268. The monoisotopic (exact) mass is 331 g/mol. The molecule has 5 nitrogen and oxygen atoms in total. The Balaban J connectivity index is 1.69. The predicted octanol–water partition coefficient (Wildman–Crippen LogP) is 4.46. The number of benzene rings is 1. The second-order valence-electron chi connectivity index (χ2n) is 6.06. The van der Waals surface area contributed by atoms with Gasteiger partial charge in [-0.2, -0.15) is 0 Å². The Morgan fingerprint density at radius 1 is 1.16 bits per heavy atom. The van der Waals surface area contributed by atoms with Crippen LogP contribution in [0.1, 0.15) is 21.7 Å². The molecule has 25 heavy (non-hydrogen) atoms. The molecule has 0 bridgehead atoms. The number of carbonyl (C=O) groups excluding carboxylic acids is 1. The van der Waals surface area contributed by atoms with Crippen LogP contribution in [-0.2, 0) is 0 Å². The number of rotatable bonds is 3. The number of amides is 1. The Bertz CT molecular complexity index is 1060. The zero-order valence-electron chi connectivity index (χ0n) is 14.0. The summed E-state index contributed by atoms with van der Waals surface area (Å²) in [5.74, 6) is 0.0175. The van der Waals surface area contributed by atoms with Crippen molar-refractivity contribution in [2.24, 2.45) is 0 Å². The highest BCUT2D eigenvalue weighted by atomic mass is 16.3. The van der Waals surface area contributed by atoms with Crippen molar-refractivity contribution in [3.05, 3.63) is 78.0 Å². The molecule has 124 valence electrons. The van der Waals surface area contributed by atoms with Gasteiger partial charge in [0, 0.05) is 23.6 Å². The Hall–Kier alpha value is -3.34. The van der Waals surface area contributed by atoms with Crippen LogP contribution in [0.4, 0.5) is 5.69 Å². The van der Waals surface area contributed by atoms with Gasteiger partial charge in [-0.15, -0.1) is 0 Å². The molecule has 0 aliphatic heterocycles. The molecule has 0 radical (unpaired) electrons. The molecule has 0 spiro atoms. The summed E-state index contributed by atoms with van der Waals surface area (Å²) in [6.45, 7) is 4.00. The van der Waals surface area contributed by atoms with Gasteiger partial charge >= 0.3 is 0 Å². The first-order valence-corrected chi connectivity index (χ1v) is 8.01. The van der Waals surface area contributed by atoms with Crippen molar-refractivity contribution in [1.29, 1.82) is 0 Å². The lowest BCUT2D eigenvalue weighted by molar-refractivity contribution is 0.0996. The fourth-order valence-electron chi connectivity index (χ4n) is 2.73. The van der Waals surface area contributed by atoms with Gasteiger partial charge in [0.2, 0.25) is 0 Å². The molecule has 1 aromatic carbocycles. The first-order valence-electron chi connectivity index (χ1n) is 8.01. The number of aromatic nitrogens is 2. The Labute approximate surface area is 144 Å². The number of hydrogen-bond acceptors (Lipinski definition) is 3. The van der Waals surface area contributed by atoms with Crippen molar-refractivity contribution in [2.75, 3.05) is 5.32 Å². The molecular formula is C20H17N3O2. The number of imidazole rings is 1. The summed E-state index contributed by atoms with van der Waals surface area (Å²) in [5, 5.41) is 2.90. The number of nitrogens with zero attached hydrogens (tertiary/aromatic N) is 2. The Morgan fingerprint density at radius 2 is 2.04 bits per heavy atom. The van der Waals surface area contributed by atoms with Crippen LogP contribution in [-0.4, -0.2) is 15.3 Å². The van der Waals surface area contributed by atoms with E-state index in [0.717, 1.165) is 28.2 Å². The molecule has 0 aliphatic rings. The summed E-state index contributed by atoms with van der Waals surface area (Å²) >= 11 is 0. The third-order valence-electron chi connectivity index (χ3n) is 4.14. The van der Waals surface area contributed by atoms with Gasteiger partial charge in [-0.25, -0.2) is 4.98 Å². The van der Waals surface area contributed by atoms with Crippen LogP contribution in [0.3, 0.4) is 0 Å². The van der Waals surface area contributed by atoms with E-state index < -0.39 is 0 Å². The van der Waals surface area contributed by atoms with Gasteiger partial charge in [0.1, 0.15) is 5.65 Å². The number of nitrogens with one attached hydrogen (secondary N) is 1. The molecule has 1 N–H and O–H groups in total. The molecule has 0 aliphatic carbocycles. The van der Waals surface area contributed by atoms with E-state index in [4.69, 9.17) is 4.42 Å². The van der Waals surface area contributed by atoms with E-state index in [9.17, 15) is 4.79 Å². The Morgan fingerprint density at radius 3 is 2.84 bits per heavy atom. The molecule has 0 atom stereocenters. The van der Waals surface area contributed by atoms with Crippen molar-refractivity contribution >= 4 is 17.2 Å². The van der Waals surface area contributed by atoms with Crippen molar-refractivity contribution in [3.63, 3.8) is 0 Å². The van der Waals surface area contributed by atoms with E-state index in [1.54, 1.807) is 12.1 Å². The topological polar surface area (TPSA) is 59.5 Å². The summed E-state index contributed by atoms with van der Waals surface area (Å²) < 4.78 is 7.13. The van der Waals surface area contributed by atoms with Crippen LogP contribution in [0.15, 0.2) is 65.5 Å². The van der Waals surface area contributed by atoms with E-state index in [-0.39, 0.29) is 11.7 Å². The van der Waals surface area contributed by atoms with E-state index in [1.807, 2.05) is 61.0 Å². The maximum Gasteiger partial charge on any atom is 0.291 e. The maximum absolute atomic E-state index is 12.2. The van der Waals surface area contributed by atoms with E-state index in [0.29, 0.717) is 0 Å². The minimum absolute atomic E-state index is 0.268. The van der Waals surface area contributed by atoms with Gasteiger partial charge < -0.3 is 14.1 Å². The first kappa shape index (κ1) is 15.2. The number of hydrogen-bond donors (Lipinski definition) is 1. The fraction of sp³-hybridized carbons (Fsp3) is 0.100. The molecule has 0 saturated heterocycles. The third kappa shape index (κ3) is 2.92. The lowest BCUT2D eigenvalue weighted by atomic mass is 10.1. The predicted molar refractivity (Wildman–Crippen MR) is 96.8 cm³/mol. The molecule has 3 aromatic heterocycles. The second-order valence-corrected chi connectivity index (χ2v) is 6.06. The zero-order chi connectivity index (χ0) is 17.4. The van der Waals surface area contributed by atoms with Crippen molar-refractivity contribution in [1.82, 2.24) is 9.38 Å². The van der Waals surface area contributed by atoms with Gasteiger partial charge in [0.25, 0.3) is 5.91 Å². The number of furan rings is 1.